The second-order valence-corrected chi connectivity index (χ2v) is 7.47. The van der Waals surface area contributed by atoms with Crippen LogP contribution in [0.15, 0.2) is 24.3 Å². The van der Waals surface area contributed by atoms with Gasteiger partial charge in [0, 0.05) is 50.9 Å². The molecule has 28 heavy (non-hydrogen) atoms. The number of rotatable bonds is 4. The Bertz CT molecular complexity index is 801. The molecule has 4 rings (SSSR count). The maximum absolute atomic E-state index is 10.7. The summed E-state index contributed by atoms with van der Waals surface area (Å²) in [6, 6.07) is 7.78. The highest BCUT2D eigenvalue weighted by Gasteiger charge is 2.22. The number of aromatic nitrogens is 2. The van der Waals surface area contributed by atoms with E-state index in [1.807, 2.05) is 38.1 Å². The van der Waals surface area contributed by atoms with E-state index in [1.54, 1.807) is 0 Å². The molecule has 0 spiro atoms. The number of ether oxygens (including phenoxy) is 2. The van der Waals surface area contributed by atoms with Gasteiger partial charge in [0.1, 0.15) is 11.6 Å². The number of hydrogen-bond acceptors (Lipinski definition) is 7. The van der Waals surface area contributed by atoms with Gasteiger partial charge in [0.25, 0.3) is 0 Å². The summed E-state index contributed by atoms with van der Waals surface area (Å²) < 4.78 is 11.4. The van der Waals surface area contributed by atoms with E-state index in [9.17, 15) is 5.11 Å². The Morgan fingerprint density at radius 2 is 1.75 bits per heavy atom. The Morgan fingerprint density at radius 1 is 1.00 bits per heavy atom. The molecule has 0 bridgehead atoms. The van der Waals surface area contributed by atoms with Crippen molar-refractivity contribution in [3.05, 3.63) is 41.3 Å². The van der Waals surface area contributed by atoms with Crippen LogP contribution in [0.4, 0.5) is 5.82 Å². The van der Waals surface area contributed by atoms with Gasteiger partial charge in [-0.3, -0.25) is 4.90 Å². The average molecular weight is 384 g/mol. The SMILES string of the molecule is Cc1cc(N2CCN(CC(O)c3ccc4c(c3)OCCCO4)CC2)nc(C)n1. The number of fused-ring (bicyclic) bond motifs is 1. The van der Waals surface area contributed by atoms with Crippen LogP contribution in [0.1, 0.15) is 29.6 Å². The van der Waals surface area contributed by atoms with Crippen molar-refractivity contribution in [1.29, 1.82) is 0 Å². The number of β-amino-alcohol motifs (C(OH)–C–C–N with tert-alkyl or cyclic N) is 1. The van der Waals surface area contributed by atoms with Crippen LogP contribution >= 0.6 is 0 Å². The molecule has 1 unspecified atom stereocenters. The molecule has 3 heterocycles. The van der Waals surface area contributed by atoms with Gasteiger partial charge in [-0.1, -0.05) is 6.07 Å². The number of hydrogen-bond donors (Lipinski definition) is 1. The van der Waals surface area contributed by atoms with E-state index in [4.69, 9.17) is 9.47 Å². The molecule has 1 N–H and O–H groups in total. The van der Waals surface area contributed by atoms with Crippen LogP contribution in [-0.4, -0.2) is 65.9 Å². The van der Waals surface area contributed by atoms with Crippen LogP contribution in [0.5, 0.6) is 11.5 Å². The molecule has 1 saturated heterocycles. The van der Waals surface area contributed by atoms with Gasteiger partial charge in [-0.25, -0.2) is 9.97 Å². The lowest BCUT2D eigenvalue weighted by atomic mass is 10.1. The lowest BCUT2D eigenvalue weighted by Gasteiger charge is -2.36. The summed E-state index contributed by atoms with van der Waals surface area (Å²) in [6.07, 6.45) is 0.328. The summed E-state index contributed by atoms with van der Waals surface area (Å²) in [7, 11) is 0. The Labute approximate surface area is 165 Å². The highest BCUT2D eigenvalue weighted by Crippen LogP contribution is 2.32. The van der Waals surface area contributed by atoms with Crippen molar-refractivity contribution in [3.63, 3.8) is 0 Å². The third-order valence-electron chi connectivity index (χ3n) is 5.24. The quantitative estimate of drug-likeness (QED) is 0.866. The number of aliphatic hydroxyl groups excluding tert-OH is 1. The van der Waals surface area contributed by atoms with Gasteiger partial charge in [0.15, 0.2) is 11.5 Å². The molecule has 2 aliphatic heterocycles. The van der Waals surface area contributed by atoms with E-state index in [0.29, 0.717) is 19.8 Å². The fourth-order valence-corrected chi connectivity index (χ4v) is 3.76. The Hall–Kier alpha value is -2.38. The largest absolute Gasteiger partial charge is 0.490 e. The van der Waals surface area contributed by atoms with Crippen LogP contribution in [0, 0.1) is 13.8 Å². The van der Waals surface area contributed by atoms with Crippen molar-refractivity contribution in [1.82, 2.24) is 14.9 Å². The molecule has 7 heteroatoms. The van der Waals surface area contributed by atoms with Gasteiger partial charge in [-0.15, -0.1) is 0 Å². The van der Waals surface area contributed by atoms with Crippen LogP contribution in [-0.2, 0) is 0 Å². The zero-order valence-electron chi connectivity index (χ0n) is 16.6. The summed E-state index contributed by atoms with van der Waals surface area (Å²) in [5, 5.41) is 10.7. The molecule has 2 aromatic rings. The lowest BCUT2D eigenvalue weighted by molar-refractivity contribution is 0.109. The van der Waals surface area contributed by atoms with Crippen molar-refractivity contribution >= 4 is 5.82 Å². The molecule has 1 aromatic heterocycles. The van der Waals surface area contributed by atoms with Crippen molar-refractivity contribution in [2.45, 2.75) is 26.4 Å². The fraction of sp³-hybridized carbons (Fsp3) is 0.524. The van der Waals surface area contributed by atoms with Gasteiger partial charge < -0.3 is 19.5 Å². The molecule has 0 aliphatic carbocycles. The van der Waals surface area contributed by atoms with E-state index in [-0.39, 0.29) is 0 Å². The third kappa shape index (κ3) is 4.36. The summed E-state index contributed by atoms with van der Waals surface area (Å²) in [5.74, 6) is 3.29. The van der Waals surface area contributed by atoms with E-state index in [0.717, 1.165) is 67.0 Å². The number of benzene rings is 1. The molecule has 0 saturated carbocycles. The van der Waals surface area contributed by atoms with Crippen LogP contribution in [0.3, 0.4) is 0 Å². The van der Waals surface area contributed by atoms with Crippen molar-refractivity contribution in [3.8, 4) is 11.5 Å². The first-order valence-corrected chi connectivity index (χ1v) is 9.96. The minimum Gasteiger partial charge on any atom is -0.490 e. The maximum Gasteiger partial charge on any atom is 0.161 e. The topological polar surface area (TPSA) is 71.0 Å². The van der Waals surface area contributed by atoms with Crippen LogP contribution < -0.4 is 14.4 Å². The number of anilines is 1. The highest BCUT2D eigenvalue weighted by molar-refractivity contribution is 5.44. The molecule has 7 nitrogen and oxygen atoms in total. The van der Waals surface area contributed by atoms with Crippen LogP contribution in [0.2, 0.25) is 0 Å². The number of aryl methyl sites for hydroxylation is 2. The van der Waals surface area contributed by atoms with E-state index in [2.05, 4.69) is 19.8 Å². The van der Waals surface area contributed by atoms with Gasteiger partial charge >= 0.3 is 0 Å². The van der Waals surface area contributed by atoms with Crippen molar-refractivity contribution < 1.29 is 14.6 Å². The highest BCUT2D eigenvalue weighted by atomic mass is 16.5. The summed E-state index contributed by atoms with van der Waals surface area (Å²) >= 11 is 0. The van der Waals surface area contributed by atoms with E-state index in [1.165, 1.54) is 0 Å². The molecule has 150 valence electrons. The van der Waals surface area contributed by atoms with Crippen molar-refractivity contribution in [2.24, 2.45) is 0 Å². The lowest BCUT2D eigenvalue weighted by Crippen LogP contribution is -2.47. The third-order valence-corrected chi connectivity index (χ3v) is 5.24. The second kappa shape index (κ2) is 8.32. The molecular formula is C21H28N4O3. The van der Waals surface area contributed by atoms with Crippen molar-refractivity contribution in [2.75, 3.05) is 50.8 Å². The fourth-order valence-electron chi connectivity index (χ4n) is 3.76. The van der Waals surface area contributed by atoms with E-state index < -0.39 is 6.10 Å². The summed E-state index contributed by atoms with van der Waals surface area (Å²) in [6.45, 7) is 9.43. The Morgan fingerprint density at radius 3 is 2.50 bits per heavy atom. The minimum absolute atomic E-state index is 0.549. The molecule has 0 amide bonds. The van der Waals surface area contributed by atoms with Gasteiger partial charge in [-0.05, 0) is 31.5 Å². The second-order valence-electron chi connectivity index (χ2n) is 7.47. The minimum atomic E-state index is -0.549. The monoisotopic (exact) mass is 384 g/mol. The molecular weight excluding hydrogens is 356 g/mol. The zero-order chi connectivity index (χ0) is 19.5. The normalized spacial score (nSPS) is 18.6. The maximum atomic E-state index is 10.7. The van der Waals surface area contributed by atoms with Crippen LogP contribution in [0.25, 0.3) is 0 Å². The molecule has 1 fully saturated rings. The predicted molar refractivity (Wildman–Crippen MR) is 107 cm³/mol. The number of piperazine rings is 1. The smallest absolute Gasteiger partial charge is 0.161 e. The Kier molecular flexibility index (Phi) is 5.64. The predicted octanol–water partition coefficient (Wildman–Crippen LogP) is 2.11. The van der Waals surface area contributed by atoms with Gasteiger partial charge in [-0.2, -0.15) is 0 Å². The van der Waals surface area contributed by atoms with E-state index >= 15 is 0 Å². The summed E-state index contributed by atoms with van der Waals surface area (Å²) in [4.78, 5) is 13.5. The molecule has 2 aliphatic rings. The first-order chi connectivity index (χ1) is 13.6. The first kappa shape index (κ1) is 19.0. The molecule has 1 atom stereocenters. The first-order valence-electron chi connectivity index (χ1n) is 9.96. The zero-order valence-corrected chi connectivity index (χ0v) is 16.6. The number of nitrogens with zero attached hydrogens (tertiary/aromatic N) is 4. The molecule has 1 aromatic carbocycles. The van der Waals surface area contributed by atoms with Gasteiger partial charge in [0.05, 0.1) is 19.3 Å². The molecule has 0 radical (unpaired) electrons. The standard InChI is InChI=1S/C21H28N4O3/c1-15-12-21(23-16(2)22-15)25-8-6-24(7-9-25)14-18(26)17-4-5-19-20(13-17)28-11-3-10-27-19/h4-5,12-13,18,26H,3,6-11,14H2,1-2H3. The number of aliphatic hydroxyl groups is 1. The van der Waals surface area contributed by atoms with Gasteiger partial charge in [0.2, 0.25) is 0 Å². The Balaban J connectivity index is 1.35. The average Bonchev–Trinajstić information content (AvgIpc) is 2.92. The summed E-state index contributed by atoms with van der Waals surface area (Å²) in [5.41, 5.74) is 1.86.